The molecule has 1 rings (SSSR count). The lowest BCUT2D eigenvalue weighted by Crippen LogP contribution is -2.26. The molecule has 1 N–H and O–H groups in total. The number of rotatable bonds is 5. The molecule has 1 amide bonds. The van der Waals surface area contributed by atoms with Gasteiger partial charge in [-0.3, -0.25) is 5.32 Å². The average molecular weight is 245 g/mol. The summed E-state index contributed by atoms with van der Waals surface area (Å²) in [5.74, 6) is 0.215. The minimum Gasteiger partial charge on any atom is -0.444 e. The monoisotopic (exact) mass is 245 g/mol. The minimum atomic E-state index is -0.444. The zero-order chi connectivity index (χ0) is 13.4. The zero-order valence-electron chi connectivity index (χ0n) is 10.8. The lowest BCUT2D eigenvalue weighted by atomic mass is 10.1. The number of amides is 1. The molecule has 0 aromatic heterocycles. The Balaban J connectivity index is 2.46. The predicted molar refractivity (Wildman–Crippen MR) is 72.9 cm³/mol. The summed E-state index contributed by atoms with van der Waals surface area (Å²) in [6, 6.07) is 9.57. The summed E-state index contributed by atoms with van der Waals surface area (Å²) < 4.78 is 5.13. The fourth-order valence-corrected chi connectivity index (χ4v) is 1.38. The van der Waals surface area contributed by atoms with Crippen molar-refractivity contribution in [1.29, 1.82) is 0 Å². The first-order chi connectivity index (χ1) is 8.63. The van der Waals surface area contributed by atoms with E-state index in [0.717, 1.165) is 11.3 Å². The summed E-state index contributed by atoms with van der Waals surface area (Å²) in [4.78, 5) is 11.6. The van der Waals surface area contributed by atoms with Crippen molar-refractivity contribution in [3.05, 3.63) is 60.3 Å². The molecule has 18 heavy (non-hydrogen) atoms. The van der Waals surface area contributed by atoms with Gasteiger partial charge in [-0.05, 0) is 17.6 Å². The zero-order valence-corrected chi connectivity index (χ0v) is 10.8. The quantitative estimate of drug-likeness (QED) is 0.804. The molecule has 0 aliphatic rings. The maximum atomic E-state index is 11.6. The van der Waals surface area contributed by atoms with Crippen molar-refractivity contribution >= 4 is 6.09 Å². The van der Waals surface area contributed by atoms with E-state index in [1.54, 1.807) is 12.2 Å². The van der Waals surface area contributed by atoms with Crippen molar-refractivity contribution in [2.75, 3.05) is 0 Å². The first-order valence-corrected chi connectivity index (χ1v) is 5.93. The molecular weight excluding hydrogens is 226 g/mol. The fourth-order valence-electron chi connectivity index (χ4n) is 1.38. The van der Waals surface area contributed by atoms with Crippen LogP contribution >= 0.6 is 0 Å². The number of hydrogen-bond donors (Lipinski definition) is 1. The molecule has 3 nitrogen and oxygen atoms in total. The van der Waals surface area contributed by atoms with E-state index >= 15 is 0 Å². The molecule has 0 aliphatic heterocycles. The third-order valence-corrected chi connectivity index (χ3v) is 2.38. The lowest BCUT2D eigenvalue weighted by molar-refractivity contribution is 0.141. The van der Waals surface area contributed by atoms with Crippen LogP contribution in [0.2, 0.25) is 0 Å². The van der Waals surface area contributed by atoms with Crippen LogP contribution in [-0.4, -0.2) is 6.09 Å². The molecule has 0 saturated heterocycles. The van der Waals surface area contributed by atoms with Gasteiger partial charge in [0, 0.05) is 5.70 Å². The van der Waals surface area contributed by atoms with Crippen LogP contribution in [0.5, 0.6) is 0 Å². The van der Waals surface area contributed by atoms with Crippen LogP contribution in [-0.2, 0) is 11.3 Å². The Morgan fingerprint density at radius 3 is 2.61 bits per heavy atom. The van der Waals surface area contributed by atoms with E-state index in [4.69, 9.17) is 4.74 Å². The van der Waals surface area contributed by atoms with Gasteiger partial charge < -0.3 is 4.74 Å². The molecule has 1 aromatic rings. The number of carbonyl (C=O) groups is 1. The average Bonchev–Trinajstić information content (AvgIpc) is 2.37. The highest BCUT2D eigenvalue weighted by Crippen LogP contribution is 2.07. The SMILES string of the molecule is C=C/C=C(/NC(=O)OCc1ccccc1)C(C)C. The Morgan fingerprint density at radius 2 is 2.06 bits per heavy atom. The van der Waals surface area contributed by atoms with Crippen molar-refractivity contribution in [2.45, 2.75) is 20.5 Å². The Bertz CT molecular complexity index is 421. The molecule has 96 valence electrons. The molecule has 0 atom stereocenters. The van der Waals surface area contributed by atoms with Gasteiger partial charge in [-0.1, -0.05) is 56.8 Å². The van der Waals surface area contributed by atoms with E-state index in [-0.39, 0.29) is 12.5 Å². The number of allylic oxidation sites excluding steroid dienone is 3. The van der Waals surface area contributed by atoms with E-state index in [1.165, 1.54) is 0 Å². The molecule has 0 aliphatic carbocycles. The maximum absolute atomic E-state index is 11.6. The van der Waals surface area contributed by atoms with Gasteiger partial charge in [0.15, 0.2) is 0 Å². The molecule has 1 aromatic carbocycles. The van der Waals surface area contributed by atoms with Crippen LogP contribution in [0.3, 0.4) is 0 Å². The van der Waals surface area contributed by atoms with E-state index in [9.17, 15) is 4.79 Å². The van der Waals surface area contributed by atoms with E-state index in [2.05, 4.69) is 11.9 Å². The van der Waals surface area contributed by atoms with Crippen LogP contribution in [0.4, 0.5) is 4.79 Å². The highest BCUT2D eigenvalue weighted by Gasteiger charge is 2.08. The van der Waals surface area contributed by atoms with Gasteiger partial charge in [-0.25, -0.2) is 4.79 Å². The first kappa shape index (κ1) is 14.0. The number of alkyl carbamates (subject to hydrolysis) is 1. The molecule has 0 spiro atoms. The number of carbonyl (C=O) groups excluding carboxylic acids is 1. The summed E-state index contributed by atoms with van der Waals surface area (Å²) in [6.07, 6.45) is 2.97. The van der Waals surface area contributed by atoms with Crippen molar-refractivity contribution in [3.63, 3.8) is 0 Å². The van der Waals surface area contributed by atoms with Crippen LogP contribution < -0.4 is 5.32 Å². The number of hydrogen-bond acceptors (Lipinski definition) is 2. The maximum Gasteiger partial charge on any atom is 0.411 e. The van der Waals surface area contributed by atoms with Gasteiger partial charge in [0.25, 0.3) is 0 Å². The Labute approximate surface area is 108 Å². The van der Waals surface area contributed by atoms with E-state index in [1.807, 2.05) is 44.2 Å². The Morgan fingerprint density at radius 1 is 1.39 bits per heavy atom. The smallest absolute Gasteiger partial charge is 0.411 e. The molecule has 0 saturated carbocycles. The first-order valence-electron chi connectivity index (χ1n) is 5.93. The molecular formula is C15H19NO2. The normalized spacial score (nSPS) is 11.2. The topological polar surface area (TPSA) is 38.3 Å². The second-order valence-electron chi connectivity index (χ2n) is 4.20. The largest absolute Gasteiger partial charge is 0.444 e. The van der Waals surface area contributed by atoms with Crippen LogP contribution in [0.1, 0.15) is 19.4 Å². The lowest BCUT2D eigenvalue weighted by Gasteiger charge is -2.12. The van der Waals surface area contributed by atoms with Crippen molar-refractivity contribution in [2.24, 2.45) is 5.92 Å². The standard InChI is InChI=1S/C15H19NO2/c1-4-8-14(12(2)3)16-15(17)18-11-13-9-6-5-7-10-13/h4-10,12H,1,11H2,2-3H3,(H,16,17)/b14-8+. The molecule has 0 unspecified atom stereocenters. The molecule has 0 fully saturated rings. The van der Waals surface area contributed by atoms with Crippen LogP contribution in [0.25, 0.3) is 0 Å². The fraction of sp³-hybridized carbons (Fsp3) is 0.267. The van der Waals surface area contributed by atoms with Gasteiger partial charge in [0.1, 0.15) is 6.61 Å². The second-order valence-corrected chi connectivity index (χ2v) is 4.20. The summed E-state index contributed by atoms with van der Waals surface area (Å²) >= 11 is 0. The van der Waals surface area contributed by atoms with Gasteiger partial charge in [0.2, 0.25) is 0 Å². The third kappa shape index (κ3) is 4.87. The molecule has 0 radical (unpaired) electrons. The highest BCUT2D eigenvalue weighted by molar-refractivity contribution is 5.69. The summed E-state index contributed by atoms with van der Waals surface area (Å²) in [5.41, 5.74) is 1.76. The Kier molecular flexibility index (Phi) is 5.71. The second kappa shape index (κ2) is 7.33. The molecule has 0 bridgehead atoms. The van der Waals surface area contributed by atoms with Gasteiger partial charge in [-0.15, -0.1) is 0 Å². The highest BCUT2D eigenvalue weighted by atomic mass is 16.5. The van der Waals surface area contributed by atoms with Gasteiger partial charge in [0.05, 0.1) is 0 Å². The van der Waals surface area contributed by atoms with Gasteiger partial charge in [-0.2, -0.15) is 0 Å². The van der Waals surface area contributed by atoms with Crippen molar-refractivity contribution in [1.82, 2.24) is 5.32 Å². The number of benzene rings is 1. The van der Waals surface area contributed by atoms with Gasteiger partial charge >= 0.3 is 6.09 Å². The van der Waals surface area contributed by atoms with Crippen LogP contribution in [0.15, 0.2) is 54.8 Å². The van der Waals surface area contributed by atoms with Crippen molar-refractivity contribution < 1.29 is 9.53 Å². The third-order valence-electron chi connectivity index (χ3n) is 2.38. The number of ether oxygens (including phenoxy) is 1. The molecule has 0 heterocycles. The van der Waals surface area contributed by atoms with Crippen LogP contribution in [0, 0.1) is 5.92 Å². The molecule has 3 heteroatoms. The summed E-state index contributed by atoms with van der Waals surface area (Å²) in [6.45, 7) is 7.87. The van der Waals surface area contributed by atoms with E-state index in [0.29, 0.717) is 0 Å². The summed E-state index contributed by atoms with van der Waals surface area (Å²) in [5, 5.41) is 2.72. The predicted octanol–water partition coefficient (Wildman–Crippen LogP) is 3.64. The summed E-state index contributed by atoms with van der Waals surface area (Å²) in [7, 11) is 0. The van der Waals surface area contributed by atoms with Crippen molar-refractivity contribution in [3.8, 4) is 0 Å². The number of nitrogens with one attached hydrogen (secondary N) is 1. The minimum absolute atomic E-state index is 0.215. The Hall–Kier alpha value is -2.03. The van der Waals surface area contributed by atoms with E-state index < -0.39 is 6.09 Å².